The van der Waals surface area contributed by atoms with Gasteiger partial charge < -0.3 is 10.2 Å². The molecule has 0 aliphatic carbocycles. The van der Waals surface area contributed by atoms with Gasteiger partial charge in [-0.3, -0.25) is 0 Å². The zero-order chi connectivity index (χ0) is 13.9. The molecule has 3 heterocycles. The van der Waals surface area contributed by atoms with E-state index in [1.807, 2.05) is 29.2 Å². The van der Waals surface area contributed by atoms with E-state index in [4.69, 9.17) is 0 Å². The number of anilines is 1. The molecule has 1 atom stereocenters. The molecule has 0 bridgehead atoms. The second kappa shape index (κ2) is 5.79. The smallest absolute Gasteiger partial charge is 0.154 e. The number of rotatable bonds is 4. The largest absolute Gasteiger partial charge is 0.351 e. The Balaban J connectivity index is 1.87. The summed E-state index contributed by atoms with van der Waals surface area (Å²) in [4.78, 5) is 6.99. The van der Waals surface area contributed by atoms with Crippen molar-refractivity contribution in [3.63, 3.8) is 0 Å². The lowest BCUT2D eigenvalue weighted by atomic mass is 10.0. The molecular formula is C15H23N5. The summed E-state index contributed by atoms with van der Waals surface area (Å²) in [7, 11) is 0. The Morgan fingerprint density at radius 3 is 3.05 bits per heavy atom. The topological polar surface area (TPSA) is 45.5 Å². The quantitative estimate of drug-likeness (QED) is 0.926. The van der Waals surface area contributed by atoms with Crippen molar-refractivity contribution in [2.45, 2.75) is 45.2 Å². The summed E-state index contributed by atoms with van der Waals surface area (Å²) in [5.41, 5.74) is 1.08. The van der Waals surface area contributed by atoms with Gasteiger partial charge >= 0.3 is 0 Å². The second-order valence-corrected chi connectivity index (χ2v) is 5.80. The molecule has 0 spiro atoms. The van der Waals surface area contributed by atoms with E-state index in [-0.39, 0.29) is 0 Å². The summed E-state index contributed by atoms with van der Waals surface area (Å²) in [6.07, 6.45) is 9.45. The first-order valence-electron chi connectivity index (χ1n) is 7.54. The average Bonchev–Trinajstić information content (AvgIpc) is 2.94. The van der Waals surface area contributed by atoms with Gasteiger partial charge in [-0.1, -0.05) is 6.42 Å². The normalized spacial score (nSPS) is 19.6. The van der Waals surface area contributed by atoms with Crippen LogP contribution in [0, 0.1) is 0 Å². The van der Waals surface area contributed by atoms with Crippen molar-refractivity contribution in [3.8, 4) is 0 Å². The van der Waals surface area contributed by atoms with Crippen LogP contribution in [0.25, 0.3) is 5.52 Å². The summed E-state index contributed by atoms with van der Waals surface area (Å²) in [6.45, 7) is 6.60. The Morgan fingerprint density at radius 1 is 1.40 bits per heavy atom. The molecule has 1 N–H and O–H groups in total. The van der Waals surface area contributed by atoms with Crippen molar-refractivity contribution in [1.82, 2.24) is 19.9 Å². The molecule has 3 rings (SSSR count). The molecule has 5 nitrogen and oxygen atoms in total. The molecule has 20 heavy (non-hydrogen) atoms. The van der Waals surface area contributed by atoms with Gasteiger partial charge in [-0.15, -0.1) is 0 Å². The lowest BCUT2D eigenvalue weighted by Crippen LogP contribution is -2.46. The minimum absolute atomic E-state index is 0.423. The Hall–Kier alpha value is -1.62. The molecule has 0 radical (unpaired) electrons. The van der Waals surface area contributed by atoms with E-state index in [9.17, 15) is 0 Å². The highest BCUT2D eigenvalue weighted by atomic mass is 15.3. The van der Waals surface area contributed by atoms with Crippen molar-refractivity contribution in [2.24, 2.45) is 0 Å². The van der Waals surface area contributed by atoms with Crippen LogP contribution in [0.15, 0.2) is 24.7 Å². The summed E-state index contributed by atoms with van der Waals surface area (Å²) in [6, 6.07) is 3.02. The summed E-state index contributed by atoms with van der Waals surface area (Å²) in [5, 5.41) is 7.93. The zero-order valence-electron chi connectivity index (χ0n) is 12.3. The van der Waals surface area contributed by atoms with Crippen LogP contribution in [-0.2, 0) is 0 Å². The van der Waals surface area contributed by atoms with Crippen LogP contribution in [0.5, 0.6) is 0 Å². The van der Waals surface area contributed by atoms with Crippen LogP contribution in [0.4, 0.5) is 5.82 Å². The highest BCUT2D eigenvalue weighted by Gasteiger charge is 2.21. The Kier molecular flexibility index (Phi) is 3.87. The number of aromatic nitrogens is 3. The third-order valence-electron chi connectivity index (χ3n) is 4.03. The highest BCUT2D eigenvalue weighted by Crippen LogP contribution is 2.22. The molecule has 1 fully saturated rings. The first kappa shape index (κ1) is 13.4. The maximum atomic E-state index is 4.60. The highest BCUT2D eigenvalue weighted by molar-refractivity contribution is 5.68. The fourth-order valence-electron chi connectivity index (χ4n) is 2.92. The predicted molar refractivity (Wildman–Crippen MR) is 81.1 cm³/mol. The Labute approximate surface area is 120 Å². The Morgan fingerprint density at radius 2 is 2.30 bits per heavy atom. The van der Waals surface area contributed by atoms with Crippen LogP contribution in [0.3, 0.4) is 0 Å². The number of fused-ring (bicyclic) bond motifs is 1. The number of nitrogens with one attached hydrogen (secondary N) is 1. The van der Waals surface area contributed by atoms with Gasteiger partial charge in [0.25, 0.3) is 0 Å². The summed E-state index contributed by atoms with van der Waals surface area (Å²) >= 11 is 0. The third-order valence-corrected chi connectivity index (χ3v) is 4.03. The summed E-state index contributed by atoms with van der Waals surface area (Å²) in [5.74, 6) is 1.03. The third kappa shape index (κ3) is 2.63. The average molecular weight is 273 g/mol. The lowest BCUT2D eigenvalue weighted by Gasteiger charge is -2.34. The van der Waals surface area contributed by atoms with Gasteiger partial charge in [0, 0.05) is 31.0 Å². The van der Waals surface area contributed by atoms with Gasteiger partial charge in [0.15, 0.2) is 5.82 Å². The molecule has 1 aliphatic rings. The molecule has 0 saturated carbocycles. The van der Waals surface area contributed by atoms with E-state index in [0.717, 1.165) is 24.4 Å². The molecule has 5 heteroatoms. The number of piperidine rings is 1. The van der Waals surface area contributed by atoms with Gasteiger partial charge in [0.2, 0.25) is 0 Å². The molecule has 2 aromatic rings. The van der Waals surface area contributed by atoms with E-state index in [2.05, 4.69) is 34.1 Å². The molecular weight excluding hydrogens is 250 g/mol. The zero-order valence-corrected chi connectivity index (χ0v) is 12.3. The number of nitrogens with zero attached hydrogens (tertiary/aromatic N) is 4. The molecule has 108 valence electrons. The van der Waals surface area contributed by atoms with E-state index >= 15 is 0 Å². The van der Waals surface area contributed by atoms with Crippen molar-refractivity contribution in [1.29, 1.82) is 0 Å². The van der Waals surface area contributed by atoms with Crippen molar-refractivity contribution < 1.29 is 0 Å². The van der Waals surface area contributed by atoms with Gasteiger partial charge in [-0.25, -0.2) is 9.50 Å². The minimum atomic E-state index is 0.423. The SMILES string of the molecule is CC(C)N(CC1CCCCN1)c1nccn2nccc12. The van der Waals surface area contributed by atoms with Gasteiger partial charge in [-0.05, 0) is 39.3 Å². The first-order valence-corrected chi connectivity index (χ1v) is 7.54. The van der Waals surface area contributed by atoms with Gasteiger partial charge in [0.1, 0.15) is 5.52 Å². The standard InChI is InChI=1S/C15H23N5/c1-12(2)19(11-13-5-3-4-7-16-13)15-14-6-8-18-20(14)10-9-17-15/h6,8-10,12-13,16H,3-5,7,11H2,1-2H3. The molecule has 1 unspecified atom stereocenters. The number of hydrogen-bond acceptors (Lipinski definition) is 4. The fourth-order valence-corrected chi connectivity index (χ4v) is 2.92. The second-order valence-electron chi connectivity index (χ2n) is 5.80. The van der Waals surface area contributed by atoms with Crippen LogP contribution >= 0.6 is 0 Å². The molecule has 1 aliphatic heterocycles. The Bertz CT molecular complexity index is 556. The first-order chi connectivity index (χ1) is 9.75. The lowest BCUT2D eigenvalue weighted by molar-refractivity contribution is 0.393. The number of hydrogen-bond donors (Lipinski definition) is 1. The fraction of sp³-hybridized carbons (Fsp3) is 0.600. The maximum Gasteiger partial charge on any atom is 0.154 e. The molecule has 2 aromatic heterocycles. The minimum Gasteiger partial charge on any atom is -0.351 e. The van der Waals surface area contributed by atoms with E-state index in [0.29, 0.717) is 12.1 Å². The molecule has 0 aromatic carbocycles. The molecule has 0 amide bonds. The van der Waals surface area contributed by atoms with Crippen LogP contribution in [-0.4, -0.2) is 39.8 Å². The van der Waals surface area contributed by atoms with E-state index in [1.54, 1.807) is 0 Å². The predicted octanol–water partition coefficient (Wildman–Crippen LogP) is 2.09. The van der Waals surface area contributed by atoms with Crippen molar-refractivity contribution >= 4 is 11.3 Å². The van der Waals surface area contributed by atoms with Crippen molar-refractivity contribution in [3.05, 3.63) is 24.7 Å². The van der Waals surface area contributed by atoms with Crippen LogP contribution in [0.1, 0.15) is 33.1 Å². The monoisotopic (exact) mass is 273 g/mol. The van der Waals surface area contributed by atoms with Gasteiger partial charge in [-0.2, -0.15) is 5.10 Å². The van der Waals surface area contributed by atoms with Crippen LogP contribution in [0.2, 0.25) is 0 Å². The van der Waals surface area contributed by atoms with E-state index in [1.165, 1.54) is 19.3 Å². The van der Waals surface area contributed by atoms with E-state index < -0.39 is 0 Å². The maximum absolute atomic E-state index is 4.60. The van der Waals surface area contributed by atoms with Gasteiger partial charge in [0.05, 0.1) is 6.20 Å². The van der Waals surface area contributed by atoms with Crippen molar-refractivity contribution in [2.75, 3.05) is 18.0 Å². The molecule has 1 saturated heterocycles. The summed E-state index contributed by atoms with van der Waals surface area (Å²) < 4.78 is 1.89. The van der Waals surface area contributed by atoms with Crippen LogP contribution < -0.4 is 10.2 Å².